The second-order valence-corrected chi connectivity index (χ2v) is 6.70. The quantitative estimate of drug-likeness (QED) is 0.887. The maximum Gasteiger partial charge on any atom is 0.220 e. The molecule has 1 fully saturated rings. The molecule has 0 radical (unpaired) electrons. The average Bonchev–Trinajstić information content (AvgIpc) is 3.12. The van der Waals surface area contributed by atoms with Crippen LogP contribution in [0.25, 0.3) is 10.9 Å². The van der Waals surface area contributed by atoms with Crippen molar-refractivity contribution in [2.75, 3.05) is 0 Å². The number of carbonyl (C=O) groups is 1. The van der Waals surface area contributed by atoms with Crippen molar-refractivity contribution >= 4 is 16.8 Å². The fraction of sp³-hybridized carbons (Fsp3) is 0.526. The number of aromatic nitrogens is 1. The molecule has 0 unspecified atom stereocenters. The van der Waals surface area contributed by atoms with Gasteiger partial charge in [-0.1, -0.05) is 31.7 Å². The molecular formula is C19H26N2O. The molecule has 0 saturated heterocycles. The summed E-state index contributed by atoms with van der Waals surface area (Å²) in [5.41, 5.74) is 3.67. The highest BCUT2D eigenvalue weighted by molar-refractivity contribution is 5.82. The number of hydrogen-bond acceptors (Lipinski definition) is 1. The van der Waals surface area contributed by atoms with Gasteiger partial charge in [0.15, 0.2) is 0 Å². The lowest BCUT2D eigenvalue weighted by Gasteiger charge is -2.09. The van der Waals surface area contributed by atoms with Gasteiger partial charge in [-0.15, -0.1) is 0 Å². The topological polar surface area (TPSA) is 34.0 Å². The highest BCUT2D eigenvalue weighted by Crippen LogP contribution is 2.28. The highest BCUT2D eigenvalue weighted by atomic mass is 16.1. The van der Waals surface area contributed by atoms with Crippen LogP contribution in [0.3, 0.4) is 0 Å². The number of fused-ring (bicyclic) bond motifs is 1. The van der Waals surface area contributed by atoms with Crippen LogP contribution in [-0.4, -0.2) is 10.5 Å². The third-order valence-corrected chi connectivity index (χ3v) is 5.09. The molecular weight excluding hydrogens is 272 g/mol. The summed E-state index contributed by atoms with van der Waals surface area (Å²) >= 11 is 0. The Morgan fingerprint density at radius 3 is 2.82 bits per heavy atom. The SMILES string of the molecule is Cc1cc2cc(CNC(=O)CCC3CCCC3)ccc2n1C. The molecule has 0 bridgehead atoms. The second kappa shape index (κ2) is 6.55. The summed E-state index contributed by atoms with van der Waals surface area (Å²) in [5, 5.41) is 4.31. The lowest BCUT2D eigenvalue weighted by molar-refractivity contribution is -0.121. The van der Waals surface area contributed by atoms with E-state index in [2.05, 4.69) is 48.1 Å². The summed E-state index contributed by atoms with van der Waals surface area (Å²) in [7, 11) is 2.09. The van der Waals surface area contributed by atoms with Crippen LogP contribution in [0.1, 0.15) is 49.8 Å². The Morgan fingerprint density at radius 1 is 1.27 bits per heavy atom. The smallest absolute Gasteiger partial charge is 0.220 e. The zero-order chi connectivity index (χ0) is 15.5. The van der Waals surface area contributed by atoms with Gasteiger partial charge in [0, 0.05) is 36.6 Å². The van der Waals surface area contributed by atoms with E-state index in [1.807, 2.05) is 0 Å². The van der Waals surface area contributed by atoms with Crippen molar-refractivity contribution in [2.24, 2.45) is 13.0 Å². The summed E-state index contributed by atoms with van der Waals surface area (Å²) < 4.78 is 2.19. The minimum atomic E-state index is 0.191. The van der Waals surface area contributed by atoms with E-state index in [9.17, 15) is 4.79 Å². The van der Waals surface area contributed by atoms with Gasteiger partial charge in [0.05, 0.1) is 0 Å². The fourth-order valence-corrected chi connectivity index (χ4v) is 3.57. The molecule has 1 aliphatic rings. The molecule has 1 amide bonds. The third-order valence-electron chi connectivity index (χ3n) is 5.09. The fourth-order valence-electron chi connectivity index (χ4n) is 3.57. The molecule has 1 aromatic heterocycles. The largest absolute Gasteiger partial charge is 0.352 e. The molecule has 3 heteroatoms. The Morgan fingerprint density at radius 2 is 2.05 bits per heavy atom. The van der Waals surface area contributed by atoms with Gasteiger partial charge in [0.1, 0.15) is 0 Å². The van der Waals surface area contributed by atoms with E-state index in [4.69, 9.17) is 0 Å². The van der Waals surface area contributed by atoms with Gasteiger partial charge in [-0.3, -0.25) is 4.79 Å². The van der Waals surface area contributed by atoms with Crippen LogP contribution in [0.4, 0.5) is 0 Å². The predicted molar refractivity (Wildman–Crippen MR) is 90.7 cm³/mol. The molecule has 1 aromatic carbocycles. The molecule has 1 aliphatic carbocycles. The van der Waals surface area contributed by atoms with E-state index < -0.39 is 0 Å². The van der Waals surface area contributed by atoms with Crippen LogP contribution in [0.5, 0.6) is 0 Å². The van der Waals surface area contributed by atoms with Crippen LogP contribution >= 0.6 is 0 Å². The molecule has 1 heterocycles. The maximum absolute atomic E-state index is 12.0. The molecule has 1 saturated carbocycles. The van der Waals surface area contributed by atoms with Crippen molar-refractivity contribution in [1.29, 1.82) is 0 Å². The molecule has 2 aromatic rings. The standard InChI is InChI=1S/C19H26N2O/c1-14-11-17-12-16(7-9-18(17)21(14)2)13-20-19(22)10-8-15-5-3-4-6-15/h7,9,11-12,15H,3-6,8,10,13H2,1-2H3,(H,20,22). The Balaban J connectivity index is 1.53. The molecule has 3 rings (SSSR count). The van der Waals surface area contributed by atoms with E-state index in [1.54, 1.807) is 0 Å². The molecule has 3 nitrogen and oxygen atoms in total. The predicted octanol–water partition coefficient (Wildman–Crippen LogP) is 4.07. The number of benzene rings is 1. The minimum Gasteiger partial charge on any atom is -0.352 e. The first-order valence-corrected chi connectivity index (χ1v) is 8.45. The highest BCUT2D eigenvalue weighted by Gasteiger charge is 2.16. The zero-order valence-electron chi connectivity index (χ0n) is 13.7. The third kappa shape index (κ3) is 3.34. The Kier molecular flexibility index (Phi) is 4.51. The van der Waals surface area contributed by atoms with Crippen molar-refractivity contribution in [1.82, 2.24) is 9.88 Å². The van der Waals surface area contributed by atoms with Gasteiger partial charge in [0.2, 0.25) is 5.91 Å². The summed E-state index contributed by atoms with van der Waals surface area (Å²) in [5.74, 6) is 0.977. The van der Waals surface area contributed by atoms with Gasteiger partial charge in [-0.05, 0) is 43.0 Å². The van der Waals surface area contributed by atoms with Crippen LogP contribution < -0.4 is 5.32 Å². The summed E-state index contributed by atoms with van der Waals surface area (Å²) in [6, 6.07) is 8.63. The number of nitrogens with one attached hydrogen (secondary N) is 1. The van der Waals surface area contributed by atoms with Gasteiger partial charge in [-0.25, -0.2) is 0 Å². The monoisotopic (exact) mass is 298 g/mol. The number of aryl methyl sites for hydroxylation is 2. The van der Waals surface area contributed by atoms with Gasteiger partial charge < -0.3 is 9.88 Å². The molecule has 22 heavy (non-hydrogen) atoms. The van der Waals surface area contributed by atoms with E-state index >= 15 is 0 Å². The van der Waals surface area contributed by atoms with Gasteiger partial charge in [-0.2, -0.15) is 0 Å². The molecule has 0 aliphatic heterocycles. The lowest BCUT2D eigenvalue weighted by Crippen LogP contribution is -2.23. The Bertz CT molecular complexity index is 665. The first-order valence-electron chi connectivity index (χ1n) is 8.45. The van der Waals surface area contributed by atoms with Crippen molar-refractivity contribution in [3.8, 4) is 0 Å². The van der Waals surface area contributed by atoms with E-state index in [-0.39, 0.29) is 5.91 Å². The van der Waals surface area contributed by atoms with Crippen LogP contribution in [0.15, 0.2) is 24.3 Å². The first-order chi connectivity index (χ1) is 10.6. The molecule has 0 atom stereocenters. The number of carbonyl (C=O) groups excluding carboxylic acids is 1. The minimum absolute atomic E-state index is 0.191. The van der Waals surface area contributed by atoms with Crippen LogP contribution in [0, 0.1) is 12.8 Å². The lowest BCUT2D eigenvalue weighted by atomic mass is 10.0. The summed E-state index contributed by atoms with van der Waals surface area (Å²) in [6.45, 7) is 2.75. The summed E-state index contributed by atoms with van der Waals surface area (Å²) in [4.78, 5) is 12.0. The van der Waals surface area contributed by atoms with Crippen molar-refractivity contribution in [3.63, 3.8) is 0 Å². The Labute approximate surface area is 132 Å². The molecule has 118 valence electrons. The molecule has 0 spiro atoms. The second-order valence-electron chi connectivity index (χ2n) is 6.70. The van der Waals surface area contributed by atoms with Crippen molar-refractivity contribution < 1.29 is 4.79 Å². The number of hydrogen-bond donors (Lipinski definition) is 1. The van der Waals surface area contributed by atoms with Gasteiger partial charge >= 0.3 is 0 Å². The number of nitrogens with zero attached hydrogens (tertiary/aromatic N) is 1. The van der Waals surface area contributed by atoms with E-state index in [0.29, 0.717) is 13.0 Å². The van der Waals surface area contributed by atoms with Gasteiger partial charge in [0.25, 0.3) is 0 Å². The number of rotatable bonds is 5. The maximum atomic E-state index is 12.0. The normalized spacial score (nSPS) is 15.5. The molecule has 1 N–H and O–H groups in total. The van der Waals surface area contributed by atoms with E-state index in [0.717, 1.165) is 12.3 Å². The number of amides is 1. The summed E-state index contributed by atoms with van der Waals surface area (Å²) in [6.07, 6.45) is 7.07. The average molecular weight is 298 g/mol. The Hall–Kier alpha value is -1.77. The first kappa shape index (κ1) is 15.1. The van der Waals surface area contributed by atoms with Crippen LogP contribution in [0.2, 0.25) is 0 Å². The van der Waals surface area contributed by atoms with Crippen LogP contribution in [-0.2, 0) is 18.4 Å². The van der Waals surface area contributed by atoms with Crippen molar-refractivity contribution in [2.45, 2.75) is 52.0 Å². The van der Waals surface area contributed by atoms with E-state index in [1.165, 1.54) is 47.8 Å². The van der Waals surface area contributed by atoms with Crippen molar-refractivity contribution in [3.05, 3.63) is 35.5 Å². The zero-order valence-corrected chi connectivity index (χ0v) is 13.7.